The summed E-state index contributed by atoms with van der Waals surface area (Å²) < 4.78 is 24.5. The summed E-state index contributed by atoms with van der Waals surface area (Å²) in [4.78, 5) is 14.0. The Kier molecular flexibility index (Phi) is 5.26. The summed E-state index contributed by atoms with van der Waals surface area (Å²) >= 11 is 0. The van der Waals surface area contributed by atoms with Gasteiger partial charge >= 0.3 is 0 Å². The van der Waals surface area contributed by atoms with Crippen LogP contribution in [-0.2, 0) is 9.53 Å². The molecule has 0 N–H and O–H groups in total. The fourth-order valence-corrected chi connectivity index (χ4v) is 2.70. The number of halogens is 1. The molecule has 0 radical (unpaired) electrons. The number of hydrogen-bond acceptors (Lipinski definition) is 4. The topological polar surface area (TPSA) is 62.6 Å². The zero-order valence-electron chi connectivity index (χ0n) is 13.5. The van der Waals surface area contributed by atoms with Crippen LogP contribution in [0.25, 0.3) is 0 Å². The number of nitriles is 1. The summed E-state index contributed by atoms with van der Waals surface area (Å²) in [7, 11) is 0. The number of carbonyl (C=O) groups is 1. The van der Waals surface area contributed by atoms with Crippen molar-refractivity contribution >= 4 is 5.91 Å². The van der Waals surface area contributed by atoms with E-state index in [9.17, 15) is 9.18 Å². The van der Waals surface area contributed by atoms with E-state index >= 15 is 0 Å². The van der Waals surface area contributed by atoms with Gasteiger partial charge in [-0.25, -0.2) is 4.39 Å². The molecule has 6 heteroatoms. The van der Waals surface area contributed by atoms with Crippen LogP contribution >= 0.6 is 0 Å². The van der Waals surface area contributed by atoms with E-state index in [4.69, 9.17) is 14.7 Å². The maximum absolute atomic E-state index is 13.4. The zero-order chi connectivity index (χ0) is 17.6. The van der Waals surface area contributed by atoms with Crippen molar-refractivity contribution in [1.29, 1.82) is 5.26 Å². The quantitative estimate of drug-likeness (QED) is 0.858. The lowest BCUT2D eigenvalue weighted by atomic mass is 10.1. The number of hydrogen-bond donors (Lipinski definition) is 0. The lowest BCUT2D eigenvalue weighted by Gasteiger charge is -2.33. The molecule has 2 aromatic carbocycles. The fraction of sp³-hybridized carbons (Fsp3) is 0.263. The van der Waals surface area contributed by atoms with Crippen LogP contribution in [0.1, 0.15) is 17.2 Å². The fourth-order valence-electron chi connectivity index (χ4n) is 2.70. The van der Waals surface area contributed by atoms with Gasteiger partial charge in [0.1, 0.15) is 23.7 Å². The Balaban J connectivity index is 1.61. The van der Waals surface area contributed by atoms with E-state index in [0.29, 0.717) is 36.6 Å². The number of carbonyl (C=O) groups excluding carboxylic acids is 1. The molecule has 0 unspecified atom stereocenters. The SMILES string of the molecule is N#Cc1ccccc1OCC(=O)N1CCO[C@H](c2cccc(F)c2)C1. The molecule has 3 rings (SSSR count). The van der Waals surface area contributed by atoms with E-state index in [0.717, 1.165) is 0 Å². The second kappa shape index (κ2) is 7.77. The Hall–Kier alpha value is -2.91. The van der Waals surface area contributed by atoms with Gasteiger partial charge in [0.15, 0.2) is 6.61 Å². The van der Waals surface area contributed by atoms with Crippen LogP contribution in [0.2, 0.25) is 0 Å². The van der Waals surface area contributed by atoms with Crippen molar-refractivity contribution in [3.8, 4) is 11.8 Å². The van der Waals surface area contributed by atoms with Crippen LogP contribution in [0.4, 0.5) is 4.39 Å². The molecule has 5 nitrogen and oxygen atoms in total. The van der Waals surface area contributed by atoms with Gasteiger partial charge in [-0.2, -0.15) is 5.26 Å². The molecule has 0 saturated carbocycles. The van der Waals surface area contributed by atoms with Gasteiger partial charge in [-0.3, -0.25) is 4.79 Å². The average molecular weight is 340 g/mol. The summed E-state index contributed by atoms with van der Waals surface area (Å²) in [5, 5.41) is 9.04. The minimum absolute atomic E-state index is 0.158. The smallest absolute Gasteiger partial charge is 0.260 e. The lowest BCUT2D eigenvalue weighted by Crippen LogP contribution is -2.44. The van der Waals surface area contributed by atoms with Crippen molar-refractivity contribution in [3.05, 3.63) is 65.5 Å². The Labute approximate surface area is 145 Å². The van der Waals surface area contributed by atoms with Gasteiger partial charge in [0.25, 0.3) is 5.91 Å². The highest BCUT2D eigenvalue weighted by atomic mass is 19.1. The first-order valence-electron chi connectivity index (χ1n) is 7.94. The number of ether oxygens (including phenoxy) is 2. The minimum atomic E-state index is -0.361. The molecule has 1 aliphatic rings. The van der Waals surface area contributed by atoms with Crippen LogP contribution in [0.3, 0.4) is 0 Å². The van der Waals surface area contributed by atoms with Gasteiger partial charge < -0.3 is 14.4 Å². The van der Waals surface area contributed by atoms with E-state index in [1.807, 2.05) is 6.07 Å². The first kappa shape index (κ1) is 16.9. The summed E-state index contributed by atoms with van der Waals surface area (Å²) in [6.45, 7) is 1.01. The predicted octanol–water partition coefficient (Wildman–Crippen LogP) is 2.68. The van der Waals surface area contributed by atoms with Gasteiger partial charge in [0, 0.05) is 6.54 Å². The first-order valence-corrected chi connectivity index (χ1v) is 7.94. The molecule has 0 spiro atoms. The molecule has 1 amide bonds. The first-order chi connectivity index (χ1) is 12.2. The third-order valence-corrected chi connectivity index (χ3v) is 4.00. The second-order valence-corrected chi connectivity index (χ2v) is 5.65. The molecule has 2 aromatic rings. The highest BCUT2D eigenvalue weighted by Crippen LogP contribution is 2.23. The predicted molar refractivity (Wildman–Crippen MR) is 88.3 cm³/mol. The molecule has 0 aliphatic carbocycles. The number of nitrogens with zero attached hydrogens (tertiary/aromatic N) is 2. The monoisotopic (exact) mass is 340 g/mol. The summed E-state index contributed by atoms with van der Waals surface area (Å²) in [5.74, 6) is -0.147. The Morgan fingerprint density at radius 1 is 1.32 bits per heavy atom. The van der Waals surface area contributed by atoms with Crippen LogP contribution in [0, 0.1) is 17.1 Å². The zero-order valence-corrected chi connectivity index (χ0v) is 13.5. The lowest BCUT2D eigenvalue weighted by molar-refractivity contribution is -0.141. The summed E-state index contributed by atoms with van der Waals surface area (Å²) in [5.41, 5.74) is 1.09. The highest BCUT2D eigenvalue weighted by Gasteiger charge is 2.26. The Morgan fingerprint density at radius 3 is 2.96 bits per heavy atom. The number of amides is 1. The van der Waals surface area contributed by atoms with Crippen LogP contribution in [0.5, 0.6) is 5.75 Å². The van der Waals surface area contributed by atoms with E-state index in [2.05, 4.69) is 0 Å². The van der Waals surface area contributed by atoms with Crippen LogP contribution in [-0.4, -0.2) is 37.1 Å². The van der Waals surface area contributed by atoms with Crippen molar-refractivity contribution in [2.45, 2.75) is 6.10 Å². The molecular weight excluding hydrogens is 323 g/mol. The largest absolute Gasteiger partial charge is 0.482 e. The molecule has 1 aliphatic heterocycles. The van der Waals surface area contributed by atoms with Gasteiger partial charge in [0.2, 0.25) is 0 Å². The van der Waals surface area contributed by atoms with E-state index in [1.165, 1.54) is 12.1 Å². The van der Waals surface area contributed by atoms with Crippen molar-refractivity contribution in [2.75, 3.05) is 26.3 Å². The van der Waals surface area contributed by atoms with Gasteiger partial charge in [-0.15, -0.1) is 0 Å². The third kappa shape index (κ3) is 4.14. The standard InChI is InChI=1S/C19H17FN2O3/c20-16-6-3-5-14(10-16)18-12-22(8-9-24-18)19(23)13-25-17-7-2-1-4-15(17)11-21/h1-7,10,18H,8-9,12-13H2/t18-/m0/s1. The molecule has 1 fully saturated rings. The molecule has 1 atom stereocenters. The van der Waals surface area contributed by atoms with Gasteiger partial charge in [-0.05, 0) is 29.8 Å². The van der Waals surface area contributed by atoms with E-state index in [-0.39, 0.29) is 24.4 Å². The highest BCUT2D eigenvalue weighted by molar-refractivity contribution is 5.78. The van der Waals surface area contributed by atoms with E-state index < -0.39 is 0 Å². The minimum Gasteiger partial charge on any atom is -0.482 e. The summed E-state index contributed by atoms with van der Waals surface area (Å²) in [6.07, 6.45) is -0.361. The molecule has 1 heterocycles. The molecule has 1 saturated heterocycles. The number of benzene rings is 2. The van der Waals surface area contributed by atoms with Crippen LogP contribution in [0.15, 0.2) is 48.5 Å². The molecular formula is C19H17FN2O3. The maximum Gasteiger partial charge on any atom is 0.260 e. The molecule has 128 valence electrons. The van der Waals surface area contributed by atoms with E-state index in [1.54, 1.807) is 41.3 Å². The van der Waals surface area contributed by atoms with Crippen LogP contribution < -0.4 is 4.74 Å². The normalized spacial score (nSPS) is 17.0. The van der Waals surface area contributed by atoms with Crippen molar-refractivity contribution in [1.82, 2.24) is 4.90 Å². The van der Waals surface area contributed by atoms with Crippen molar-refractivity contribution in [2.24, 2.45) is 0 Å². The maximum atomic E-state index is 13.4. The molecule has 0 aromatic heterocycles. The molecule has 25 heavy (non-hydrogen) atoms. The number of para-hydroxylation sites is 1. The van der Waals surface area contributed by atoms with Gasteiger partial charge in [-0.1, -0.05) is 24.3 Å². The Bertz CT molecular complexity index is 803. The number of rotatable bonds is 4. The Morgan fingerprint density at radius 2 is 2.16 bits per heavy atom. The van der Waals surface area contributed by atoms with Gasteiger partial charge in [0.05, 0.1) is 18.7 Å². The number of morpholine rings is 1. The van der Waals surface area contributed by atoms with Crippen molar-refractivity contribution in [3.63, 3.8) is 0 Å². The third-order valence-electron chi connectivity index (χ3n) is 4.00. The average Bonchev–Trinajstić information content (AvgIpc) is 2.66. The second-order valence-electron chi connectivity index (χ2n) is 5.65. The molecule has 0 bridgehead atoms. The summed E-state index contributed by atoms with van der Waals surface area (Å²) in [6, 6.07) is 15.0. The van der Waals surface area contributed by atoms with Crippen molar-refractivity contribution < 1.29 is 18.7 Å².